The van der Waals surface area contributed by atoms with E-state index in [1.165, 1.54) is 11.8 Å². The highest BCUT2D eigenvalue weighted by Gasteiger charge is 2.50. The molecule has 0 bridgehead atoms. The molecule has 1 aromatic carbocycles. The summed E-state index contributed by atoms with van der Waals surface area (Å²) in [6.07, 6.45) is -4.12. The Balaban J connectivity index is 1.64. The van der Waals surface area contributed by atoms with E-state index in [2.05, 4.69) is 9.98 Å². The minimum Gasteiger partial charge on any atom is -0.356 e. The van der Waals surface area contributed by atoms with Gasteiger partial charge >= 0.3 is 6.18 Å². The first-order valence-electron chi connectivity index (χ1n) is 8.21. The third-order valence-corrected chi connectivity index (χ3v) is 6.78. The zero-order valence-corrected chi connectivity index (χ0v) is 15.3. The van der Waals surface area contributed by atoms with Crippen molar-refractivity contribution in [3.05, 3.63) is 35.5 Å². The van der Waals surface area contributed by atoms with Gasteiger partial charge < -0.3 is 9.88 Å². The van der Waals surface area contributed by atoms with Gasteiger partial charge in [-0.25, -0.2) is 0 Å². The number of carbonyl (C=O) groups excluding carboxylic acids is 1. The largest absolute Gasteiger partial charge is 0.414 e. The first-order chi connectivity index (χ1) is 12.4. The summed E-state index contributed by atoms with van der Waals surface area (Å²) < 4.78 is 42.3. The molecule has 0 aliphatic carbocycles. The number of amides is 1. The molecule has 4 nitrogen and oxygen atoms in total. The zero-order chi connectivity index (χ0) is 18.3. The molecule has 1 amide bonds. The summed E-state index contributed by atoms with van der Waals surface area (Å²) in [5, 5.41) is 0.801. The number of hydrogen-bond donors (Lipinski definition) is 1. The van der Waals surface area contributed by atoms with Crippen LogP contribution in [0.15, 0.2) is 29.3 Å². The number of alkyl halides is 3. The first-order valence-corrected chi connectivity index (χ1v) is 10.2. The summed E-state index contributed by atoms with van der Waals surface area (Å²) in [6.45, 7) is 0.770. The second-order valence-electron chi connectivity index (χ2n) is 6.13. The Morgan fingerprint density at radius 2 is 2.19 bits per heavy atom. The van der Waals surface area contributed by atoms with Crippen LogP contribution < -0.4 is 0 Å². The molecule has 1 atom stereocenters. The third-order valence-electron chi connectivity index (χ3n) is 4.54. The van der Waals surface area contributed by atoms with Gasteiger partial charge in [0.1, 0.15) is 4.38 Å². The second-order valence-corrected chi connectivity index (χ2v) is 8.43. The molecule has 2 aliphatic rings. The quantitative estimate of drug-likeness (QED) is 0.831. The van der Waals surface area contributed by atoms with E-state index >= 15 is 0 Å². The maximum Gasteiger partial charge on any atom is 0.414 e. The number of thioether (sulfide) groups is 2. The predicted molar refractivity (Wildman–Crippen MR) is 99.7 cm³/mol. The molecule has 9 heteroatoms. The van der Waals surface area contributed by atoms with Gasteiger partial charge in [0, 0.05) is 23.2 Å². The van der Waals surface area contributed by atoms with Gasteiger partial charge in [-0.3, -0.25) is 9.79 Å². The molecule has 2 aromatic rings. The summed E-state index contributed by atoms with van der Waals surface area (Å²) >= 11 is 2.77. The summed E-state index contributed by atoms with van der Waals surface area (Å²) in [7, 11) is 0. The normalized spacial score (nSPS) is 20.3. The van der Waals surface area contributed by atoms with Crippen LogP contribution in [0.1, 0.15) is 17.3 Å². The molecule has 2 aliphatic heterocycles. The summed E-state index contributed by atoms with van der Waals surface area (Å²) in [6, 6.07) is 5.25. The number of para-hydroxylation sites is 1. The van der Waals surface area contributed by atoms with Gasteiger partial charge in [0.15, 0.2) is 6.04 Å². The van der Waals surface area contributed by atoms with E-state index in [-0.39, 0.29) is 18.0 Å². The molecule has 0 saturated carbocycles. The number of aromatic nitrogens is 1. The zero-order valence-electron chi connectivity index (χ0n) is 13.7. The molecule has 0 saturated heterocycles. The average molecular weight is 399 g/mol. The van der Waals surface area contributed by atoms with Crippen molar-refractivity contribution in [2.75, 3.05) is 24.6 Å². The van der Waals surface area contributed by atoms with Crippen LogP contribution in [0.25, 0.3) is 10.9 Å². The van der Waals surface area contributed by atoms with Gasteiger partial charge in [0.2, 0.25) is 5.91 Å². The monoisotopic (exact) mass is 399 g/mol. The maximum absolute atomic E-state index is 13.9. The van der Waals surface area contributed by atoms with Gasteiger partial charge in [-0.05, 0) is 18.1 Å². The number of hydrogen-bond acceptors (Lipinski definition) is 4. The fourth-order valence-electron chi connectivity index (χ4n) is 3.46. The van der Waals surface area contributed by atoms with E-state index in [4.69, 9.17) is 0 Å². The van der Waals surface area contributed by atoms with Crippen molar-refractivity contribution < 1.29 is 18.0 Å². The number of benzene rings is 1. The molecule has 26 heavy (non-hydrogen) atoms. The molecule has 3 heterocycles. The number of carbonyl (C=O) groups is 1. The molecule has 138 valence electrons. The van der Waals surface area contributed by atoms with Crippen molar-refractivity contribution in [1.82, 2.24) is 9.88 Å². The molecule has 1 unspecified atom stereocenters. The highest BCUT2D eigenvalue weighted by molar-refractivity contribution is 8.39. The maximum atomic E-state index is 13.9. The second kappa shape index (κ2) is 6.84. The summed E-state index contributed by atoms with van der Waals surface area (Å²) in [4.78, 5) is 20.7. The smallest absolute Gasteiger partial charge is 0.356 e. The fraction of sp³-hybridized carbons (Fsp3) is 0.412. The fourth-order valence-corrected chi connectivity index (χ4v) is 5.35. The molecular formula is C17H16F3N3OS2. The summed E-state index contributed by atoms with van der Waals surface area (Å²) in [5.74, 6) is 0.342. The van der Waals surface area contributed by atoms with Crippen LogP contribution in [0.4, 0.5) is 13.2 Å². The molecule has 0 spiro atoms. The summed E-state index contributed by atoms with van der Waals surface area (Å²) in [5.41, 5.74) is 1.43. The number of nitrogens with zero attached hydrogens (tertiary/aromatic N) is 2. The van der Waals surface area contributed by atoms with Gasteiger partial charge in [-0.15, -0.1) is 0 Å². The Kier molecular flexibility index (Phi) is 4.68. The van der Waals surface area contributed by atoms with Gasteiger partial charge in [0.05, 0.1) is 18.0 Å². The van der Waals surface area contributed by atoms with Crippen molar-refractivity contribution in [1.29, 1.82) is 0 Å². The third kappa shape index (κ3) is 3.22. The topological polar surface area (TPSA) is 48.5 Å². The van der Waals surface area contributed by atoms with Crippen LogP contribution in [0, 0.1) is 0 Å². The lowest BCUT2D eigenvalue weighted by Gasteiger charge is -2.36. The van der Waals surface area contributed by atoms with Gasteiger partial charge in [-0.2, -0.15) is 13.2 Å². The number of rotatable bonds is 2. The molecular weight excluding hydrogens is 383 g/mol. The van der Waals surface area contributed by atoms with Crippen LogP contribution in [-0.2, 0) is 11.2 Å². The molecule has 1 aromatic heterocycles. The van der Waals surface area contributed by atoms with Crippen LogP contribution >= 0.6 is 23.5 Å². The number of aromatic amines is 1. The van der Waals surface area contributed by atoms with Crippen molar-refractivity contribution in [3.8, 4) is 0 Å². The van der Waals surface area contributed by atoms with Gasteiger partial charge in [-0.1, -0.05) is 41.7 Å². The Morgan fingerprint density at radius 1 is 1.38 bits per heavy atom. The van der Waals surface area contributed by atoms with E-state index in [1.807, 2.05) is 12.1 Å². The van der Waals surface area contributed by atoms with E-state index in [0.29, 0.717) is 24.0 Å². The van der Waals surface area contributed by atoms with E-state index in [9.17, 15) is 18.0 Å². The first kappa shape index (κ1) is 17.8. The van der Waals surface area contributed by atoms with Crippen LogP contribution in [0.3, 0.4) is 0 Å². The van der Waals surface area contributed by atoms with E-state index in [0.717, 1.165) is 20.4 Å². The Hall–Kier alpha value is -1.61. The standard InChI is InChI=1S/C17H16F3N3OS2/c18-17(19,20)15-14-11(10-3-1-2-4-12(10)22-14)5-7-23(15)13(24)9-26-16-21-6-8-25-16/h1-4,15,22H,5-9H2. The van der Waals surface area contributed by atoms with Crippen LogP contribution in [0.2, 0.25) is 0 Å². The lowest BCUT2D eigenvalue weighted by Crippen LogP contribution is -2.47. The highest BCUT2D eigenvalue weighted by atomic mass is 32.2. The van der Waals surface area contributed by atoms with Crippen LogP contribution in [-0.4, -0.2) is 50.9 Å². The lowest BCUT2D eigenvalue weighted by atomic mass is 9.97. The number of aliphatic imine (C=N–C) groups is 1. The molecule has 4 rings (SSSR count). The Labute approximate surface area is 156 Å². The SMILES string of the molecule is O=C(CSC1=NCCS1)N1CCc2c([nH]c3ccccc23)C1C(F)(F)F. The van der Waals surface area contributed by atoms with Crippen molar-refractivity contribution >= 4 is 44.7 Å². The lowest BCUT2D eigenvalue weighted by molar-refractivity contribution is -0.193. The number of fused-ring (bicyclic) bond motifs is 3. The van der Waals surface area contributed by atoms with Gasteiger partial charge in [0.25, 0.3) is 0 Å². The molecule has 1 N–H and O–H groups in total. The molecule has 0 fully saturated rings. The van der Waals surface area contributed by atoms with Crippen molar-refractivity contribution in [2.24, 2.45) is 4.99 Å². The van der Waals surface area contributed by atoms with Crippen molar-refractivity contribution in [2.45, 2.75) is 18.6 Å². The minimum atomic E-state index is -4.53. The number of H-pyrrole nitrogens is 1. The van der Waals surface area contributed by atoms with E-state index in [1.54, 1.807) is 23.9 Å². The predicted octanol–water partition coefficient (Wildman–Crippen LogP) is 3.99. The number of halogens is 3. The van der Waals surface area contributed by atoms with E-state index < -0.39 is 18.1 Å². The van der Waals surface area contributed by atoms with Crippen LogP contribution in [0.5, 0.6) is 0 Å². The Morgan fingerprint density at radius 3 is 2.92 bits per heavy atom. The Bertz CT molecular complexity index is 878. The highest BCUT2D eigenvalue weighted by Crippen LogP contribution is 2.43. The van der Waals surface area contributed by atoms with Crippen molar-refractivity contribution in [3.63, 3.8) is 0 Å². The average Bonchev–Trinajstić information content (AvgIpc) is 3.25. The minimum absolute atomic E-state index is 0.0199. The molecule has 0 radical (unpaired) electrons. The number of nitrogens with one attached hydrogen (secondary N) is 1.